The number of hydrazine groups is 1. The smallest absolute Gasteiger partial charge is 0.195 e. The van der Waals surface area contributed by atoms with Crippen LogP contribution in [0.15, 0.2) is 171 Å². The van der Waals surface area contributed by atoms with E-state index in [1.165, 1.54) is 11.8 Å². The first-order valence-corrected chi connectivity index (χ1v) is 17.5. The van der Waals surface area contributed by atoms with Crippen LogP contribution >= 0.6 is 23.5 Å². The standard InChI is InChI=1S/C21H19N5S.C17H13N5S/c1-2-9-15-22-26-19(14-6-1)24-20-17-12-7-8-13-18(17)23-21(25-20)27-16-10-4-3-5-11-16;1-2-6-12(7-3-1)23-17-19-14-9-5-4-8-13(14)16(21-17)20-15-10-11-18-22-15/h1-13,22H,14-15H2,(H,23,24,25,26);1-11H,(H2,18,19,20,21,22)/b6-1-,9-2-;. The number of rotatable bonds is 7. The molecule has 246 valence electrons. The molecule has 0 fully saturated rings. The van der Waals surface area contributed by atoms with Gasteiger partial charge >= 0.3 is 0 Å². The summed E-state index contributed by atoms with van der Waals surface area (Å²) in [6, 6.07) is 38.0. The van der Waals surface area contributed by atoms with Crippen LogP contribution in [0.4, 0.5) is 17.5 Å². The van der Waals surface area contributed by atoms with Crippen LogP contribution in [0, 0.1) is 0 Å². The fourth-order valence-electron chi connectivity index (χ4n) is 4.88. The van der Waals surface area contributed by atoms with Crippen LogP contribution in [-0.4, -0.2) is 42.5 Å². The second-order valence-electron chi connectivity index (χ2n) is 10.8. The molecule has 4 aromatic carbocycles. The maximum atomic E-state index is 4.79. The van der Waals surface area contributed by atoms with Gasteiger partial charge in [0.2, 0.25) is 0 Å². The zero-order valence-electron chi connectivity index (χ0n) is 26.8. The monoisotopic (exact) mass is 692 g/mol. The molecular weight excluding hydrogens is 661 g/mol. The van der Waals surface area contributed by atoms with Gasteiger partial charge in [0.15, 0.2) is 16.1 Å². The fourth-order valence-corrected chi connectivity index (χ4v) is 6.44. The van der Waals surface area contributed by atoms with Crippen molar-refractivity contribution in [1.82, 2.24) is 41.0 Å². The second kappa shape index (κ2) is 16.5. The molecule has 0 bridgehead atoms. The molecule has 8 rings (SSSR count). The number of anilines is 2. The van der Waals surface area contributed by atoms with E-state index in [9.17, 15) is 0 Å². The SMILES string of the molecule is C1=C\CNNC(=Nc2nc(Sc3ccccc3)nc3ccccc23)C\C=C/1.c1ccc(Sc2nc(Nc3ccn[nH]3)c3ccccc3n2)cc1. The highest BCUT2D eigenvalue weighted by molar-refractivity contribution is 7.99. The fraction of sp³-hybridized carbons (Fsp3) is 0.0526. The first-order valence-electron chi connectivity index (χ1n) is 15.9. The molecule has 0 spiro atoms. The molecule has 0 saturated heterocycles. The minimum Gasteiger partial charge on any atom is -0.325 e. The lowest BCUT2D eigenvalue weighted by atomic mass is 10.2. The van der Waals surface area contributed by atoms with Crippen molar-refractivity contribution in [3.8, 4) is 0 Å². The predicted molar refractivity (Wildman–Crippen MR) is 203 cm³/mol. The third-order valence-electron chi connectivity index (χ3n) is 7.19. The molecule has 0 amide bonds. The van der Waals surface area contributed by atoms with E-state index in [0.29, 0.717) is 22.6 Å². The third-order valence-corrected chi connectivity index (χ3v) is 8.94. The van der Waals surface area contributed by atoms with Crippen molar-refractivity contribution >= 4 is 68.6 Å². The lowest BCUT2D eigenvalue weighted by Crippen LogP contribution is -2.36. The van der Waals surface area contributed by atoms with Gasteiger partial charge in [-0.2, -0.15) is 5.10 Å². The number of aliphatic imine (C=N–C) groups is 1. The largest absolute Gasteiger partial charge is 0.325 e. The van der Waals surface area contributed by atoms with E-state index in [2.05, 4.69) is 54.5 Å². The van der Waals surface area contributed by atoms with Crippen LogP contribution in [0.25, 0.3) is 21.8 Å². The van der Waals surface area contributed by atoms with Gasteiger partial charge < -0.3 is 10.7 Å². The van der Waals surface area contributed by atoms with E-state index in [0.717, 1.165) is 55.6 Å². The van der Waals surface area contributed by atoms with Crippen LogP contribution in [0.3, 0.4) is 0 Å². The van der Waals surface area contributed by atoms with Crippen molar-refractivity contribution < 1.29 is 0 Å². The zero-order chi connectivity index (χ0) is 33.8. The number of nitrogens with zero attached hydrogens (tertiary/aromatic N) is 6. The molecule has 12 heteroatoms. The van der Waals surface area contributed by atoms with Gasteiger partial charge in [0.05, 0.1) is 17.2 Å². The number of aromatic amines is 1. The molecule has 4 heterocycles. The predicted octanol–water partition coefficient (Wildman–Crippen LogP) is 8.67. The summed E-state index contributed by atoms with van der Waals surface area (Å²) in [5.41, 5.74) is 8.11. The van der Waals surface area contributed by atoms with Gasteiger partial charge in [0.25, 0.3) is 0 Å². The summed E-state index contributed by atoms with van der Waals surface area (Å²) in [4.78, 5) is 25.7. The van der Waals surface area contributed by atoms with Crippen LogP contribution in [-0.2, 0) is 0 Å². The minimum absolute atomic E-state index is 0.670. The maximum absolute atomic E-state index is 4.79. The van der Waals surface area contributed by atoms with Gasteiger partial charge in [-0.15, -0.1) is 0 Å². The highest BCUT2D eigenvalue weighted by Gasteiger charge is 2.11. The van der Waals surface area contributed by atoms with E-state index in [-0.39, 0.29) is 0 Å². The Morgan fingerprint density at radius 1 is 0.620 bits per heavy atom. The van der Waals surface area contributed by atoms with Crippen LogP contribution in [0.2, 0.25) is 0 Å². The number of H-pyrrole nitrogens is 1. The first-order chi connectivity index (χ1) is 24.8. The quantitative estimate of drug-likeness (QED) is 0.121. The molecule has 0 atom stereocenters. The number of hydrogen-bond donors (Lipinski definition) is 4. The first kappa shape index (κ1) is 32.7. The van der Waals surface area contributed by atoms with Gasteiger partial charge in [0.1, 0.15) is 17.5 Å². The van der Waals surface area contributed by atoms with Gasteiger partial charge in [-0.3, -0.25) is 5.10 Å². The van der Waals surface area contributed by atoms with Crippen LogP contribution in [0.1, 0.15) is 6.42 Å². The van der Waals surface area contributed by atoms with Gasteiger partial charge in [0, 0.05) is 39.6 Å². The molecule has 1 aliphatic heterocycles. The normalized spacial score (nSPS) is 14.8. The van der Waals surface area contributed by atoms with Crippen LogP contribution in [0.5, 0.6) is 0 Å². The summed E-state index contributed by atoms with van der Waals surface area (Å²) in [7, 11) is 0. The molecule has 0 unspecified atom stereocenters. The van der Waals surface area contributed by atoms with Crippen molar-refractivity contribution in [2.45, 2.75) is 26.5 Å². The molecule has 4 N–H and O–H groups in total. The van der Waals surface area contributed by atoms with Crippen molar-refractivity contribution in [3.05, 3.63) is 146 Å². The van der Waals surface area contributed by atoms with Crippen molar-refractivity contribution in [3.63, 3.8) is 0 Å². The summed E-state index contributed by atoms with van der Waals surface area (Å²) in [5.74, 6) is 3.04. The summed E-state index contributed by atoms with van der Waals surface area (Å²) in [6.07, 6.45) is 10.5. The number of hydrogen-bond acceptors (Lipinski definition) is 10. The number of aromatic nitrogens is 6. The Bertz CT molecular complexity index is 2260. The van der Waals surface area contributed by atoms with E-state index < -0.39 is 0 Å². The lowest BCUT2D eigenvalue weighted by molar-refractivity contribution is 0.708. The van der Waals surface area contributed by atoms with E-state index >= 15 is 0 Å². The van der Waals surface area contributed by atoms with Crippen molar-refractivity contribution in [1.29, 1.82) is 0 Å². The number of para-hydroxylation sites is 2. The summed E-state index contributed by atoms with van der Waals surface area (Å²) in [6.45, 7) is 0.725. The van der Waals surface area contributed by atoms with Gasteiger partial charge in [-0.05, 0) is 72.1 Å². The number of nitrogens with one attached hydrogen (secondary N) is 4. The van der Waals surface area contributed by atoms with Crippen LogP contribution < -0.4 is 16.2 Å². The van der Waals surface area contributed by atoms with Crippen molar-refractivity contribution in [2.24, 2.45) is 4.99 Å². The number of fused-ring (bicyclic) bond motifs is 2. The van der Waals surface area contributed by atoms with E-state index in [1.807, 2.05) is 121 Å². The molecule has 0 saturated carbocycles. The number of allylic oxidation sites excluding steroid dienone is 2. The topological polar surface area (TPSA) is 129 Å². The number of amidine groups is 1. The maximum Gasteiger partial charge on any atom is 0.195 e. The molecule has 10 nitrogen and oxygen atoms in total. The van der Waals surface area contributed by atoms with E-state index in [1.54, 1.807) is 18.0 Å². The van der Waals surface area contributed by atoms with Gasteiger partial charge in [-0.1, -0.05) is 85.0 Å². The third kappa shape index (κ3) is 8.80. The lowest BCUT2D eigenvalue weighted by Gasteiger charge is -2.10. The molecular formula is C38H32N10S2. The Morgan fingerprint density at radius 2 is 1.24 bits per heavy atom. The molecule has 1 aliphatic rings. The average Bonchev–Trinajstić information content (AvgIpc) is 3.70. The Hall–Kier alpha value is -5.82. The Labute approximate surface area is 297 Å². The average molecular weight is 693 g/mol. The van der Waals surface area contributed by atoms with Crippen molar-refractivity contribution in [2.75, 3.05) is 11.9 Å². The second-order valence-corrected chi connectivity index (χ2v) is 12.9. The zero-order valence-corrected chi connectivity index (χ0v) is 28.4. The Kier molecular flexibility index (Phi) is 10.8. The minimum atomic E-state index is 0.670. The molecule has 7 aromatic rings. The number of benzene rings is 4. The highest BCUT2D eigenvalue weighted by atomic mass is 32.2. The summed E-state index contributed by atoms with van der Waals surface area (Å²) in [5, 5.41) is 13.4. The summed E-state index contributed by atoms with van der Waals surface area (Å²) < 4.78 is 0. The Balaban J connectivity index is 0.000000159. The summed E-state index contributed by atoms with van der Waals surface area (Å²) >= 11 is 3.08. The van der Waals surface area contributed by atoms with Gasteiger partial charge in [-0.25, -0.2) is 30.4 Å². The molecule has 0 aliphatic carbocycles. The molecule has 0 radical (unpaired) electrons. The molecule has 3 aromatic heterocycles. The molecule has 50 heavy (non-hydrogen) atoms. The Morgan fingerprint density at radius 3 is 1.94 bits per heavy atom. The van der Waals surface area contributed by atoms with E-state index in [4.69, 9.17) is 15.0 Å². The highest BCUT2D eigenvalue weighted by Crippen LogP contribution is 2.31.